The molecule has 8 heteroatoms. The van der Waals surface area contributed by atoms with Gasteiger partial charge in [0.05, 0.1) is 12.2 Å². The van der Waals surface area contributed by atoms with Crippen LogP contribution in [0, 0.1) is 17.6 Å². The van der Waals surface area contributed by atoms with Gasteiger partial charge in [-0.3, -0.25) is 14.3 Å². The first-order valence-corrected chi connectivity index (χ1v) is 9.79. The fourth-order valence-corrected chi connectivity index (χ4v) is 4.33. The zero-order valence-electron chi connectivity index (χ0n) is 15.5. The second kappa shape index (κ2) is 7.93. The summed E-state index contributed by atoms with van der Waals surface area (Å²) in [6, 6.07) is 2.85. The number of rotatable bonds is 4. The Morgan fingerprint density at radius 2 is 1.96 bits per heavy atom. The number of nitrogens with zero attached hydrogens (tertiary/aromatic N) is 3. The smallest absolute Gasteiger partial charge is 0.256 e. The molecule has 1 saturated carbocycles. The molecule has 2 atom stereocenters. The molecule has 1 aliphatic carbocycles. The fraction of sp³-hybridized carbons (Fsp3) is 0.550. The Morgan fingerprint density at radius 3 is 2.68 bits per heavy atom. The maximum Gasteiger partial charge on any atom is 0.256 e. The molecule has 0 bridgehead atoms. The second-order valence-corrected chi connectivity index (χ2v) is 7.77. The molecule has 0 spiro atoms. The molecule has 1 aromatic heterocycles. The Morgan fingerprint density at radius 1 is 1.18 bits per heavy atom. The standard InChI is InChI=1S/C20H23F3N4O/c21-9-13-10-27(20(28)15-7-6-14(22)8-17(15)23)11-16(13)19-24-18(25-26-19)12-4-2-1-3-5-12/h6-8,12-13,16H,1-5,9-11H2,(H,24,25,26)/t13-,16-/m1/s1. The van der Waals surface area contributed by atoms with Crippen LogP contribution in [0.15, 0.2) is 18.2 Å². The third kappa shape index (κ3) is 3.64. The van der Waals surface area contributed by atoms with E-state index in [1.54, 1.807) is 0 Å². The van der Waals surface area contributed by atoms with Gasteiger partial charge < -0.3 is 4.90 Å². The maximum absolute atomic E-state index is 14.0. The van der Waals surface area contributed by atoms with Crippen LogP contribution in [0.2, 0.25) is 0 Å². The lowest BCUT2D eigenvalue weighted by molar-refractivity contribution is 0.0779. The lowest BCUT2D eigenvalue weighted by atomic mass is 9.89. The molecule has 1 aliphatic heterocycles. The van der Waals surface area contributed by atoms with E-state index in [1.165, 1.54) is 11.3 Å². The summed E-state index contributed by atoms with van der Waals surface area (Å²) < 4.78 is 40.7. The van der Waals surface area contributed by atoms with Crippen molar-refractivity contribution >= 4 is 5.91 Å². The Labute approximate surface area is 161 Å². The highest BCUT2D eigenvalue weighted by Gasteiger charge is 2.39. The number of nitrogens with one attached hydrogen (secondary N) is 1. The molecule has 1 saturated heterocycles. The molecule has 150 valence electrons. The van der Waals surface area contributed by atoms with E-state index in [2.05, 4.69) is 15.2 Å². The topological polar surface area (TPSA) is 61.9 Å². The molecule has 0 radical (unpaired) electrons. The van der Waals surface area contributed by atoms with Crippen LogP contribution in [0.3, 0.4) is 0 Å². The van der Waals surface area contributed by atoms with Crippen molar-refractivity contribution in [2.75, 3.05) is 19.8 Å². The van der Waals surface area contributed by atoms with E-state index < -0.39 is 30.1 Å². The number of hydrogen-bond donors (Lipinski definition) is 1. The van der Waals surface area contributed by atoms with E-state index in [4.69, 9.17) is 0 Å². The molecular weight excluding hydrogens is 369 g/mol. The van der Waals surface area contributed by atoms with Gasteiger partial charge in [-0.1, -0.05) is 19.3 Å². The van der Waals surface area contributed by atoms with E-state index in [-0.39, 0.29) is 24.6 Å². The van der Waals surface area contributed by atoms with Crippen molar-refractivity contribution in [3.05, 3.63) is 47.0 Å². The van der Waals surface area contributed by atoms with Gasteiger partial charge >= 0.3 is 0 Å². The number of hydrogen-bond acceptors (Lipinski definition) is 3. The van der Waals surface area contributed by atoms with Crippen LogP contribution in [0.25, 0.3) is 0 Å². The van der Waals surface area contributed by atoms with Crippen molar-refractivity contribution in [1.82, 2.24) is 20.1 Å². The van der Waals surface area contributed by atoms with Crippen LogP contribution in [-0.4, -0.2) is 45.8 Å². The normalized spacial score (nSPS) is 23.3. The minimum atomic E-state index is -0.913. The zero-order chi connectivity index (χ0) is 19.7. The number of carbonyl (C=O) groups is 1. The van der Waals surface area contributed by atoms with Crippen molar-refractivity contribution in [1.29, 1.82) is 0 Å². The molecule has 2 aliphatic rings. The summed E-state index contributed by atoms with van der Waals surface area (Å²) in [5.74, 6) is -1.29. The van der Waals surface area contributed by atoms with Crippen molar-refractivity contribution in [3.63, 3.8) is 0 Å². The van der Waals surface area contributed by atoms with Gasteiger partial charge in [0, 0.05) is 36.9 Å². The number of amides is 1. The van der Waals surface area contributed by atoms with Gasteiger partial charge in [0.2, 0.25) is 0 Å². The number of likely N-dealkylation sites (tertiary alicyclic amines) is 1. The molecule has 2 fully saturated rings. The predicted molar refractivity (Wildman–Crippen MR) is 96.7 cm³/mol. The summed E-state index contributed by atoms with van der Waals surface area (Å²) in [5.41, 5.74) is -0.208. The highest BCUT2D eigenvalue weighted by atomic mass is 19.1. The molecule has 4 rings (SSSR count). The first kappa shape index (κ1) is 19.0. The summed E-state index contributed by atoms with van der Waals surface area (Å²) in [5, 5.41) is 7.28. The molecule has 5 nitrogen and oxygen atoms in total. The summed E-state index contributed by atoms with van der Waals surface area (Å²) >= 11 is 0. The van der Waals surface area contributed by atoms with Crippen molar-refractivity contribution in [2.45, 2.75) is 43.9 Å². The molecule has 0 unspecified atom stereocenters. The van der Waals surface area contributed by atoms with E-state index in [1.807, 2.05) is 0 Å². The minimum Gasteiger partial charge on any atom is -0.337 e. The Bertz CT molecular complexity index is 850. The van der Waals surface area contributed by atoms with Crippen molar-refractivity contribution in [3.8, 4) is 0 Å². The molecule has 2 aromatic rings. The molecule has 28 heavy (non-hydrogen) atoms. The van der Waals surface area contributed by atoms with Crippen LogP contribution in [0.5, 0.6) is 0 Å². The van der Waals surface area contributed by atoms with Gasteiger partial charge in [-0.2, -0.15) is 5.10 Å². The van der Waals surface area contributed by atoms with Gasteiger partial charge in [-0.15, -0.1) is 0 Å². The monoisotopic (exact) mass is 392 g/mol. The Balaban J connectivity index is 1.51. The first-order chi connectivity index (χ1) is 13.6. The third-order valence-electron chi connectivity index (χ3n) is 5.93. The molecule has 2 heterocycles. The Hall–Kier alpha value is -2.38. The molecule has 1 amide bonds. The highest BCUT2D eigenvalue weighted by Crippen LogP contribution is 2.35. The first-order valence-electron chi connectivity index (χ1n) is 9.79. The SMILES string of the molecule is O=C(c1ccc(F)cc1F)N1C[C@@H](CF)[C@H](c2nc(C3CCCCC3)n[nH]2)C1. The molecule has 1 N–H and O–H groups in total. The van der Waals surface area contributed by atoms with Crippen LogP contribution in [0.4, 0.5) is 13.2 Å². The maximum atomic E-state index is 14.0. The number of carbonyl (C=O) groups excluding carboxylic acids is 1. The summed E-state index contributed by atoms with van der Waals surface area (Å²) in [6.45, 7) is -0.223. The lowest BCUT2D eigenvalue weighted by Crippen LogP contribution is -2.30. The average molecular weight is 392 g/mol. The number of aromatic amines is 1. The minimum absolute atomic E-state index is 0.163. The van der Waals surface area contributed by atoms with Gasteiger partial charge in [0.15, 0.2) is 5.82 Å². The van der Waals surface area contributed by atoms with Crippen molar-refractivity contribution < 1.29 is 18.0 Å². The number of halogens is 3. The van der Waals surface area contributed by atoms with Crippen molar-refractivity contribution in [2.24, 2.45) is 5.92 Å². The van der Waals surface area contributed by atoms with E-state index in [9.17, 15) is 18.0 Å². The summed E-state index contributed by atoms with van der Waals surface area (Å²) in [6.07, 6.45) is 5.68. The second-order valence-electron chi connectivity index (χ2n) is 7.77. The fourth-order valence-electron chi connectivity index (χ4n) is 4.33. The number of aromatic nitrogens is 3. The number of H-pyrrole nitrogens is 1. The molecular formula is C20H23F3N4O. The third-order valence-corrected chi connectivity index (χ3v) is 5.93. The van der Waals surface area contributed by atoms with Gasteiger partial charge in [-0.25, -0.2) is 13.8 Å². The average Bonchev–Trinajstić information content (AvgIpc) is 3.35. The van der Waals surface area contributed by atoms with E-state index in [0.29, 0.717) is 17.8 Å². The van der Waals surface area contributed by atoms with Gasteiger partial charge in [0.25, 0.3) is 5.91 Å². The molecule has 1 aromatic carbocycles. The van der Waals surface area contributed by atoms with Gasteiger partial charge in [-0.05, 0) is 25.0 Å². The number of benzene rings is 1. The Kier molecular flexibility index (Phi) is 5.37. The quantitative estimate of drug-likeness (QED) is 0.857. The van der Waals surface area contributed by atoms with Crippen LogP contribution < -0.4 is 0 Å². The van der Waals surface area contributed by atoms with Crippen LogP contribution >= 0.6 is 0 Å². The predicted octanol–water partition coefficient (Wildman–Crippen LogP) is 3.96. The van der Waals surface area contributed by atoms with Gasteiger partial charge in [0.1, 0.15) is 17.5 Å². The summed E-state index contributed by atoms with van der Waals surface area (Å²) in [4.78, 5) is 18.7. The highest BCUT2D eigenvalue weighted by molar-refractivity contribution is 5.94. The zero-order valence-corrected chi connectivity index (χ0v) is 15.5. The van der Waals surface area contributed by atoms with E-state index >= 15 is 0 Å². The van der Waals surface area contributed by atoms with Crippen LogP contribution in [-0.2, 0) is 0 Å². The number of alkyl halides is 1. The lowest BCUT2D eigenvalue weighted by Gasteiger charge is -2.18. The largest absolute Gasteiger partial charge is 0.337 e. The van der Waals surface area contributed by atoms with Crippen LogP contribution in [0.1, 0.15) is 65.9 Å². The summed E-state index contributed by atoms with van der Waals surface area (Å²) in [7, 11) is 0. The van der Waals surface area contributed by atoms with E-state index in [0.717, 1.165) is 43.6 Å².